The molecular weight excluding hydrogens is 284 g/mol. The van der Waals surface area contributed by atoms with Crippen LogP contribution in [0.1, 0.15) is 25.7 Å². The number of nitrogens with zero attached hydrogens (tertiary/aromatic N) is 1. The summed E-state index contributed by atoms with van der Waals surface area (Å²) in [6.07, 6.45) is -2.19. The number of aliphatic hydroxyl groups excluding tert-OH is 4. The standard InChI is InChI=1S/C12H26N2O7/c13-4-2-1-3-12(11(19)20,5-9(17)7-15)14(21)6-10(18)8-16/h9-10,15-18,21H,1-8,13H2,(H,19,20)/t9?,10?,12-/m1/s1. The monoisotopic (exact) mass is 310 g/mol. The summed E-state index contributed by atoms with van der Waals surface area (Å²) >= 11 is 0. The number of rotatable bonds is 12. The first kappa shape index (κ1) is 20.2. The molecule has 9 nitrogen and oxygen atoms in total. The molecule has 0 amide bonds. The highest BCUT2D eigenvalue weighted by atomic mass is 16.5. The second-order valence-electron chi connectivity index (χ2n) is 5.04. The van der Waals surface area contributed by atoms with Crippen LogP contribution >= 0.6 is 0 Å². The molecule has 0 spiro atoms. The highest BCUT2D eigenvalue weighted by molar-refractivity contribution is 5.78. The van der Waals surface area contributed by atoms with Crippen LogP contribution in [-0.2, 0) is 4.79 Å². The van der Waals surface area contributed by atoms with E-state index in [1.54, 1.807) is 0 Å². The van der Waals surface area contributed by atoms with E-state index in [0.29, 0.717) is 24.4 Å². The van der Waals surface area contributed by atoms with Gasteiger partial charge < -0.3 is 36.5 Å². The molecule has 3 atom stereocenters. The van der Waals surface area contributed by atoms with Crippen LogP contribution in [0, 0.1) is 0 Å². The molecule has 0 aromatic heterocycles. The number of carboxylic acid groups (broad SMARTS) is 1. The van der Waals surface area contributed by atoms with Gasteiger partial charge in [-0.05, 0) is 25.8 Å². The minimum Gasteiger partial charge on any atom is -0.480 e. The van der Waals surface area contributed by atoms with Crippen molar-refractivity contribution in [3.05, 3.63) is 0 Å². The number of carbonyl (C=O) groups is 1. The third kappa shape index (κ3) is 6.22. The van der Waals surface area contributed by atoms with Crippen molar-refractivity contribution in [3.63, 3.8) is 0 Å². The molecule has 126 valence electrons. The molecule has 0 aliphatic rings. The van der Waals surface area contributed by atoms with Crippen molar-refractivity contribution in [2.24, 2.45) is 5.73 Å². The first-order chi connectivity index (χ1) is 9.83. The van der Waals surface area contributed by atoms with Crippen molar-refractivity contribution in [2.75, 3.05) is 26.3 Å². The largest absolute Gasteiger partial charge is 0.480 e. The van der Waals surface area contributed by atoms with Gasteiger partial charge in [0.2, 0.25) is 0 Å². The van der Waals surface area contributed by atoms with Gasteiger partial charge in [-0.1, -0.05) is 0 Å². The number of β-amino-alcohol motifs (C(OH)–C–C–N with tert-alkyl or cyclic N) is 1. The van der Waals surface area contributed by atoms with E-state index in [9.17, 15) is 25.3 Å². The number of hydrogen-bond donors (Lipinski definition) is 7. The van der Waals surface area contributed by atoms with Crippen LogP contribution in [0.2, 0.25) is 0 Å². The lowest BCUT2D eigenvalue weighted by Gasteiger charge is -2.38. The number of aliphatic carboxylic acids is 1. The Hall–Kier alpha value is -0.810. The van der Waals surface area contributed by atoms with Crippen LogP contribution in [0.15, 0.2) is 0 Å². The van der Waals surface area contributed by atoms with E-state index in [1.165, 1.54) is 0 Å². The Bertz CT molecular complexity index is 305. The van der Waals surface area contributed by atoms with E-state index >= 15 is 0 Å². The van der Waals surface area contributed by atoms with Gasteiger partial charge in [-0.2, -0.15) is 5.06 Å². The molecule has 21 heavy (non-hydrogen) atoms. The maximum atomic E-state index is 11.6. The number of unbranched alkanes of at least 4 members (excludes halogenated alkanes) is 1. The zero-order chi connectivity index (χ0) is 16.5. The van der Waals surface area contributed by atoms with Gasteiger partial charge in [0.25, 0.3) is 0 Å². The van der Waals surface area contributed by atoms with Gasteiger partial charge in [0.05, 0.1) is 32.0 Å². The average Bonchev–Trinajstić information content (AvgIpc) is 2.45. The molecule has 0 rings (SSSR count). The quantitative estimate of drug-likeness (QED) is 0.155. The Kier molecular flexibility index (Phi) is 9.62. The van der Waals surface area contributed by atoms with Crippen LogP contribution in [0.4, 0.5) is 0 Å². The molecule has 8 N–H and O–H groups in total. The van der Waals surface area contributed by atoms with Crippen LogP contribution in [-0.4, -0.2) is 85.8 Å². The molecule has 2 unspecified atom stereocenters. The molecule has 9 heteroatoms. The number of carboxylic acids is 1. The van der Waals surface area contributed by atoms with E-state index < -0.39 is 49.9 Å². The Balaban J connectivity index is 5.18. The molecule has 0 aliphatic carbocycles. The first-order valence-electron chi connectivity index (χ1n) is 6.81. The summed E-state index contributed by atoms with van der Waals surface area (Å²) in [5, 5.41) is 56.5. The minimum absolute atomic E-state index is 0.0226. The predicted octanol–water partition coefficient (Wildman–Crippen LogP) is -2.27. The van der Waals surface area contributed by atoms with Crippen molar-refractivity contribution in [3.8, 4) is 0 Å². The maximum Gasteiger partial charge on any atom is 0.326 e. The van der Waals surface area contributed by atoms with Crippen LogP contribution < -0.4 is 5.73 Å². The Morgan fingerprint density at radius 2 is 1.71 bits per heavy atom. The molecule has 0 aromatic rings. The van der Waals surface area contributed by atoms with Crippen molar-refractivity contribution < 1.29 is 35.5 Å². The fourth-order valence-corrected chi connectivity index (χ4v) is 2.09. The van der Waals surface area contributed by atoms with Gasteiger partial charge in [0.15, 0.2) is 0 Å². The van der Waals surface area contributed by atoms with Crippen molar-refractivity contribution >= 4 is 5.97 Å². The van der Waals surface area contributed by atoms with Gasteiger partial charge in [-0.25, -0.2) is 0 Å². The Morgan fingerprint density at radius 3 is 2.14 bits per heavy atom. The van der Waals surface area contributed by atoms with Crippen LogP contribution in [0.5, 0.6) is 0 Å². The van der Waals surface area contributed by atoms with Crippen molar-refractivity contribution in [2.45, 2.75) is 43.4 Å². The highest BCUT2D eigenvalue weighted by Gasteiger charge is 2.45. The molecule has 0 saturated heterocycles. The second-order valence-corrected chi connectivity index (χ2v) is 5.04. The molecule has 0 heterocycles. The fourth-order valence-electron chi connectivity index (χ4n) is 2.09. The molecule has 0 fully saturated rings. The number of nitrogens with two attached hydrogens (primary N) is 1. The topological polar surface area (TPSA) is 168 Å². The first-order valence-corrected chi connectivity index (χ1v) is 6.81. The van der Waals surface area contributed by atoms with Crippen LogP contribution in [0.3, 0.4) is 0 Å². The highest BCUT2D eigenvalue weighted by Crippen LogP contribution is 2.28. The van der Waals surface area contributed by atoms with Crippen LogP contribution in [0.25, 0.3) is 0 Å². The molecule has 0 aromatic carbocycles. The molecule has 0 radical (unpaired) electrons. The normalized spacial score (nSPS) is 17.5. The maximum absolute atomic E-state index is 11.6. The van der Waals surface area contributed by atoms with E-state index in [-0.39, 0.29) is 6.42 Å². The summed E-state index contributed by atoms with van der Waals surface area (Å²) in [5.41, 5.74) is 3.49. The number of hydroxylamine groups is 2. The van der Waals surface area contributed by atoms with Gasteiger partial charge in [-0.3, -0.25) is 4.79 Å². The van der Waals surface area contributed by atoms with E-state index in [0.717, 1.165) is 0 Å². The molecule has 0 aliphatic heterocycles. The summed E-state index contributed by atoms with van der Waals surface area (Å²) in [6, 6.07) is 0. The predicted molar refractivity (Wildman–Crippen MR) is 72.6 cm³/mol. The average molecular weight is 310 g/mol. The zero-order valence-electron chi connectivity index (χ0n) is 11.9. The number of aliphatic hydroxyl groups is 4. The van der Waals surface area contributed by atoms with E-state index in [1.807, 2.05) is 0 Å². The third-order valence-electron chi connectivity index (χ3n) is 3.32. The van der Waals surface area contributed by atoms with E-state index in [2.05, 4.69) is 0 Å². The fraction of sp³-hybridized carbons (Fsp3) is 0.917. The minimum atomic E-state index is -1.87. The SMILES string of the molecule is NCCCC[C@@](CC(O)CO)(C(=O)O)N(O)CC(O)CO. The Morgan fingerprint density at radius 1 is 1.14 bits per heavy atom. The molecule has 0 saturated carbocycles. The van der Waals surface area contributed by atoms with Crippen molar-refractivity contribution in [1.82, 2.24) is 5.06 Å². The zero-order valence-corrected chi connectivity index (χ0v) is 11.9. The lowest BCUT2D eigenvalue weighted by Crippen LogP contribution is -2.57. The summed E-state index contributed by atoms with van der Waals surface area (Å²) in [5.74, 6) is -1.39. The van der Waals surface area contributed by atoms with Gasteiger partial charge >= 0.3 is 5.97 Å². The molecular formula is C12H26N2O7. The molecule has 0 bridgehead atoms. The summed E-state index contributed by atoms with van der Waals surface area (Å²) in [7, 11) is 0. The smallest absolute Gasteiger partial charge is 0.326 e. The lowest BCUT2D eigenvalue weighted by molar-refractivity contribution is -0.216. The number of hydrogen-bond acceptors (Lipinski definition) is 8. The Labute approximate surface area is 123 Å². The van der Waals surface area contributed by atoms with E-state index in [4.69, 9.17) is 15.9 Å². The summed E-state index contributed by atoms with van der Waals surface area (Å²) in [4.78, 5) is 11.6. The third-order valence-corrected chi connectivity index (χ3v) is 3.32. The van der Waals surface area contributed by atoms with Gasteiger partial charge in [-0.15, -0.1) is 0 Å². The summed E-state index contributed by atoms with van der Waals surface area (Å²) in [6.45, 7) is -1.44. The van der Waals surface area contributed by atoms with Crippen molar-refractivity contribution in [1.29, 1.82) is 0 Å². The lowest BCUT2D eigenvalue weighted by atomic mass is 9.85. The summed E-state index contributed by atoms with van der Waals surface area (Å²) < 4.78 is 0. The van der Waals surface area contributed by atoms with Gasteiger partial charge in [0.1, 0.15) is 5.54 Å². The second kappa shape index (κ2) is 10.0. The van der Waals surface area contributed by atoms with Gasteiger partial charge in [0, 0.05) is 6.42 Å².